The van der Waals surface area contributed by atoms with Crippen LogP contribution in [0.5, 0.6) is 0 Å². The minimum Gasteiger partial charge on any atom is -0.233 e. The smallest absolute Gasteiger partial charge is 0.163 e. The lowest BCUT2D eigenvalue weighted by Gasteiger charge is -2.35. The normalized spacial score (nSPS) is 12.8. The van der Waals surface area contributed by atoms with Crippen molar-refractivity contribution in [2.45, 2.75) is 42.6 Å². The average Bonchev–Trinajstić information content (AvgIpc) is 3.36. The van der Waals surface area contributed by atoms with Gasteiger partial charge in [-0.25, -0.2) is 9.67 Å². The SMILES string of the molecule is CCC(CC)CC(I)c1ncn(C(c2ccccc2)(c2ccccc2)c2ccccc2)n1. The van der Waals surface area contributed by atoms with E-state index in [0.717, 1.165) is 12.2 Å². The van der Waals surface area contributed by atoms with Gasteiger partial charge in [0.05, 0.1) is 3.92 Å². The van der Waals surface area contributed by atoms with E-state index in [9.17, 15) is 0 Å². The average molecular weight is 535 g/mol. The number of halogens is 1. The molecule has 0 radical (unpaired) electrons. The zero-order valence-electron chi connectivity index (χ0n) is 18.7. The molecule has 0 amide bonds. The van der Waals surface area contributed by atoms with Crippen LogP contribution in [-0.2, 0) is 5.54 Å². The van der Waals surface area contributed by atoms with Crippen LogP contribution >= 0.6 is 22.6 Å². The Bertz CT molecular complexity index is 993. The first kappa shape index (κ1) is 22.7. The van der Waals surface area contributed by atoms with Gasteiger partial charge in [0.2, 0.25) is 0 Å². The Morgan fingerprint density at radius 3 is 1.59 bits per heavy atom. The van der Waals surface area contributed by atoms with Gasteiger partial charge in [-0.2, -0.15) is 5.10 Å². The second-order valence-electron chi connectivity index (χ2n) is 8.24. The van der Waals surface area contributed by atoms with E-state index in [1.54, 1.807) is 0 Å². The minimum absolute atomic E-state index is 0.291. The molecular weight excluding hydrogens is 505 g/mol. The Labute approximate surface area is 205 Å². The summed E-state index contributed by atoms with van der Waals surface area (Å²) in [7, 11) is 0. The fraction of sp³-hybridized carbons (Fsp3) is 0.286. The van der Waals surface area contributed by atoms with E-state index in [1.807, 2.05) is 6.33 Å². The highest BCUT2D eigenvalue weighted by atomic mass is 127. The predicted molar refractivity (Wildman–Crippen MR) is 140 cm³/mol. The van der Waals surface area contributed by atoms with E-state index in [0.29, 0.717) is 9.84 Å². The molecule has 1 unspecified atom stereocenters. The summed E-state index contributed by atoms with van der Waals surface area (Å²) in [6.45, 7) is 4.55. The molecule has 0 fully saturated rings. The van der Waals surface area contributed by atoms with Crippen molar-refractivity contribution in [2.24, 2.45) is 5.92 Å². The van der Waals surface area contributed by atoms with E-state index >= 15 is 0 Å². The fourth-order valence-corrected chi connectivity index (χ4v) is 5.54. The summed E-state index contributed by atoms with van der Waals surface area (Å²) < 4.78 is 2.36. The van der Waals surface area contributed by atoms with E-state index in [-0.39, 0.29) is 0 Å². The zero-order chi connectivity index (χ0) is 22.4. The first-order valence-electron chi connectivity index (χ1n) is 11.4. The highest BCUT2D eigenvalue weighted by Gasteiger charge is 2.39. The molecule has 0 aliphatic rings. The molecule has 4 heteroatoms. The quantitative estimate of drug-likeness (QED) is 0.127. The van der Waals surface area contributed by atoms with Gasteiger partial charge in [0.1, 0.15) is 11.9 Å². The van der Waals surface area contributed by atoms with Crippen LogP contribution in [0.25, 0.3) is 0 Å². The summed E-state index contributed by atoms with van der Waals surface area (Å²) in [6, 6.07) is 31.9. The topological polar surface area (TPSA) is 30.7 Å². The Balaban J connectivity index is 1.91. The highest BCUT2D eigenvalue weighted by molar-refractivity contribution is 14.1. The van der Waals surface area contributed by atoms with E-state index in [4.69, 9.17) is 10.1 Å². The van der Waals surface area contributed by atoms with Crippen LogP contribution in [-0.4, -0.2) is 14.8 Å². The van der Waals surface area contributed by atoms with Crippen LogP contribution in [0.1, 0.15) is 59.5 Å². The van der Waals surface area contributed by atoms with Crippen molar-refractivity contribution in [1.82, 2.24) is 14.8 Å². The minimum atomic E-state index is -0.597. The van der Waals surface area contributed by atoms with Gasteiger partial charge in [-0.1, -0.05) is 140 Å². The van der Waals surface area contributed by atoms with Crippen LogP contribution in [0.15, 0.2) is 97.3 Å². The third-order valence-electron chi connectivity index (χ3n) is 6.40. The molecule has 4 aromatic rings. The third-order valence-corrected chi connectivity index (χ3v) is 7.47. The Hall–Kier alpha value is -2.47. The third kappa shape index (κ3) is 4.38. The molecule has 0 aliphatic carbocycles. The van der Waals surface area contributed by atoms with Crippen LogP contribution < -0.4 is 0 Å². The number of nitrogens with zero attached hydrogens (tertiary/aromatic N) is 3. The number of alkyl halides is 1. The number of hydrogen-bond donors (Lipinski definition) is 0. The molecule has 0 aliphatic heterocycles. The molecule has 164 valence electrons. The van der Waals surface area contributed by atoms with E-state index < -0.39 is 5.54 Å². The number of rotatable bonds is 9. The molecule has 4 rings (SSSR count). The lowest BCUT2D eigenvalue weighted by atomic mass is 9.77. The summed E-state index contributed by atoms with van der Waals surface area (Å²) in [5.74, 6) is 1.61. The first-order chi connectivity index (χ1) is 15.7. The number of aromatic nitrogens is 3. The fourth-order valence-electron chi connectivity index (χ4n) is 4.54. The standard InChI is InChI=1S/C28H30IN3/c1-3-22(4-2)20-26(29)27-30-21-32(31-27)28(23-14-8-5-9-15-23,24-16-10-6-11-17-24)25-18-12-7-13-19-25/h5-19,21-22,26H,3-4,20H2,1-2H3. The van der Waals surface area contributed by atoms with Crippen molar-refractivity contribution in [2.75, 3.05) is 0 Å². The van der Waals surface area contributed by atoms with E-state index in [2.05, 4.69) is 132 Å². The molecule has 0 spiro atoms. The lowest BCUT2D eigenvalue weighted by Crippen LogP contribution is -2.38. The molecule has 0 N–H and O–H groups in total. The maximum Gasteiger partial charge on any atom is 0.163 e. The van der Waals surface area contributed by atoms with Gasteiger partial charge in [0.25, 0.3) is 0 Å². The maximum absolute atomic E-state index is 5.13. The monoisotopic (exact) mass is 535 g/mol. The van der Waals surface area contributed by atoms with Gasteiger partial charge in [-0.3, -0.25) is 0 Å². The molecule has 3 aromatic carbocycles. The van der Waals surface area contributed by atoms with Crippen LogP contribution in [0, 0.1) is 5.92 Å². The highest BCUT2D eigenvalue weighted by Crippen LogP contribution is 2.41. The molecule has 1 aromatic heterocycles. The summed E-state index contributed by atoms with van der Waals surface area (Å²) in [4.78, 5) is 4.82. The summed E-state index contributed by atoms with van der Waals surface area (Å²) >= 11 is 2.52. The number of benzene rings is 3. The Morgan fingerprint density at radius 1 is 0.750 bits per heavy atom. The molecule has 1 atom stereocenters. The van der Waals surface area contributed by atoms with Crippen molar-refractivity contribution < 1.29 is 0 Å². The van der Waals surface area contributed by atoms with Crippen molar-refractivity contribution in [1.29, 1.82) is 0 Å². The maximum atomic E-state index is 5.13. The largest absolute Gasteiger partial charge is 0.233 e. The van der Waals surface area contributed by atoms with Gasteiger partial charge in [-0.05, 0) is 29.0 Å². The molecule has 1 heterocycles. The lowest BCUT2D eigenvalue weighted by molar-refractivity contribution is 0.438. The second-order valence-corrected chi connectivity index (χ2v) is 9.75. The molecule has 3 nitrogen and oxygen atoms in total. The summed E-state index contributed by atoms with van der Waals surface area (Å²) in [5, 5.41) is 5.13. The first-order valence-corrected chi connectivity index (χ1v) is 12.7. The van der Waals surface area contributed by atoms with E-state index in [1.165, 1.54) is 29.5 Å². The van der Waals surface area contributed by atoms with Gasteiger partial charge in [0.15, 0.2) is 5.82 Å². The van der Waals surface area contributed by atoms with Crippen LogP contribution in [0.3, 0.4) is 0 Å². The van der Waals surface area contributed by atoms with Crippen molar-refractivity contribution >= 4 is 22.6 Å². The predicted octanol–water partition coefficient (Wildman–Crippen LogP) is 7.42. The Morgan fingerprint density at radius 2 is 1.19 bits per heavy atom. The molecule has 0 bridgehead atoms. The van der Waals surface area contributed by atoms with Crippen molar-refractivity contribution in [3.63, 3.8) is 0 Å². The zero-order valence-corrected chi connectivity index (χ0v) is 20.9. The van der Waals surface area contributed by atoms with Crippen molar-refractivity contribution in [3.8, 4) is 0 Å². The van der Waals surface area contributed by atoms with Gasteiger partial charge in [-0.15, -0.1) is 0 Å². The summed E-state index contributed by atoms with van der Waals surface area (Å²) in [5.41, 5.74) is 2.90. The van der Waals surface area contributed by atoms with Crippen LogP contribution in [0.4, 0.5) is 0 Å². The molecule has 32 heavy (non-hydrogen) atoms. The Kier molecular flexibility index (Phi) is 7.40. The number of hydrogen-bond acceptors (Lipinski definition) is 2. The van der Waals surface area contributed by atoms with Gasteiger partial charge in [0, 0.05) is 0 Å². The van der Waals surface area contributed by atoms with Gasteiger partial charge >= 0.3 is 0 Å². The molecule has 0 saturated carbocycles. The second kappa shape index (κ2) is 10.4. The molecular formula is C28H30IN3. The summed E-state index contributed by atoms with van der Waals surface area (Å²) in [6.07, 6.45) is 5.41. The van der Waals surface area contributed by atoms with Gasteiger partial charge < -0.3 is 0 Å². The molecule has 0 saturated heterocycles. The van der Waals surface area contributed by atoms with Crippen LogP contribution in [0.2, 0.25) is 0 Å². The van der Waals surface area contributed by atoms with Crippen molar-refractivity contribution in [3.05, 3.63) is 120 Å².